The first kappa shape index (κ1) is 20.2. The van der Waals surface area contributed by atoms with Crippen molar-refractivity contribution in [2.75, 3.05) is 17.2 Å². The van der Waals surface area contributed by atoms with E-state index in [9.17, 15) is 9.18 Å². The fourth-order valence-corrected chi connectivity index (χ4v) is 3.77. The molecule has 2 aromatic heterocycles. The summed E-state index contributed by atoms with van der Waals surface area (Å²) in [5.74, 6) is -0.162. The maximum absolute atomic E-state index is 13.4. The number of carboxylic acid groups (broad SMARTS) is 1. The number of aliphatic carboxylic acids is 1. The molecule has 10 heteroatoms. The topological polar surface area (TPSA) is 113 Å². The third kappa shape index (κ3) is 4.56. The molecular weight excluding hydrogens is 411 g/mol. The van der Waals surface area contributed by atoms with E-state index in [-0.39, 0.29) is 10.9 Å². The Kier molecular flexibility index (Phi) is 5.89. The number of hydrogen-bond donors (Lipinski definition) is 3. The van der Waals surface area contributed by atoms with Gasteiger partial charge in [-0.15, -0.1) is 0 Å². The van der Waals surface area contributed by atoms with Gasteiger partial charge in [0.1, 0.15) is 23.2 Å². The summed E-state index contributed by atoms with van der Waals surface area (Å²) < 4.78 is 13.4. The van der Waals surface area contributed by atoms with Crippen LogP contribution in [0.3, 0.4) is 0 Å². The lowest BCUT2D eigenvalue weighted by Gasteiger charge is -2.26. The lowest BCUT2D eigenvalue weighted by atomic mass is 9.82. The van der Waals surface area contributed by atoms with Crippen LogP contribution in [0.25, 0.3) is 11.0 Å². The minimum atomic E-state index is -0.707. The van der Waals surface area contributed by atoms with Gasteiger partial charge < -0.3 is 15.7 Å². The molecule has 2 heterocycles. The molecule has 0 spiro atoms. The van der Waals surface area contributed by atoms with Crippen LogP contribution in [-0.2, 0) is 4.79 Å². The highest BCUT2D eigenvalue weighted by Crippen LogP contribution is 2.29. The minimum absolute atomic E-state index is 0.00737. The Morgan fingerprint density at radius 3 is 2.73 bits per heavy atom. The maximum atomic E-state index is 13.4. The summed E-state index contributed by atoms with van der Waals surface area (Å²) in [5.41, 5.74) is 1.66. The molecule has 3 N–H and O–H groups in total. The number of halogens is 2. The molecular formula is C20H20ClFN6O2. The molecule has 0 atom stereocenters. The third-order valence-corrected chi connectivity index (χ3v) is 5.59. The average molecular weight is 431 g/mol. The monoisotopic (exact) mass is 430 g/mol. The largest absolute Gasteiger partial charge is 0.481 e. The van der Waals surface area contributed by atoms with E-state index in [2.05, 4.69) is 30.6 Å². The molecule has 0 amide bonds. The van der Waals surface area contributed by atoms with Gasteiger partial charge in [-0.2, -0.15) is 0 Å². The van der Waals surface area contributed by atoms with E-state index in [0.29, 0.717) is 53.8 Å². The number of anilines is 3. The van der Waals surface area contributed by atoms with Crippen LogP contribution >= 0.6 is 11.6 Å². The van der Waals surface area contributed by atoms with Crippen molar-refractivity contribution in [1.29, 1.82) is 0 Å². The van der Waals surface area contributed by atoms with Gasteiger partial charge in [-0.25, -0.2) is 24.3 Å². The minimum Gasteiger partial charge on any atom is -0.481 e. The van der Waals surface area contributed by atoms with Gasteiger partial charge in [-0.1, -0.05) is 11.6 Å². The number of benzene rings is 1. The Balaban J connectivity index is 1.47. The zero-order valence-corrected chi connectivity index (χ0v) is 16.7. The lowest BCUT2D eigenvalue weighted by Crippen LogP contribution is -2.25. The molecule has 1 aliphatic carbocycles. The highest BCUT2D eigenvalue weighted by molar-refractivity contribution is 6.31. The summed E-state index contributed by atoms with van der Waals surface area (Å²) in [6.07, 6.45) is 6.12. The molecule has 0 bridgehead atoms. The normalized spacial score (nSPS) is 18.9. The fourth-order valence-electron chi connectivity index (χ4n) is 3.59. The van der Waals surface area contributed by atoms with Crippen molar-refractivity contribution in [1.82, 2.24) is 19.9 Å². The molecule has 4 rings (SSSR count). The standard InChI is InChI=1S/C20H20ClFN6O2/c21-14-7-13(5-6-15(14)22)27-18-17-16(25-10-26-18)9-24-20(28-17)23-8-11-1-3-12(4-2-11)19(29)30/h5-7,9-12H,1-4,8H2,(H,29,30)(H,23,24,28)(H,25,26,27)/t11-,12-. The summed E-state index contributed by atoms with van der Waals surface area (Å²) in [4.78, 5) is 28.3. The van der Waals surface area contributed by atoms with E-state index in [1.807, 2.05) is 0 Å². The number of fused-ring (bicyclic) bond motifs is 1. The summed E-state index contributed by atoms with van der Waals surface area (Å²) >= 11 is 5.85. The summed E-state index contributed by atoms with van der Waals surface area (Å²) in [7, 11) is 0. The van der Waals surface area contributed by atoms with Crippen LogP contribution in [0.15, 0.2) is 30.7 Å². The number of aromatic nitrogens is 4. The molecule has 0 radical (unpaired) electrons. The van der Waals surface area contributed by atoms with Crippen molar-refractivity contribution in [3.8, 4) is 0 Å². The van der Waals surface area contributed by atoms with Crippen molar-refractivity contribution >= 4 is 46.1 Å². The quantitative estimate of drug-likeness (QED) is 0.531. The second-order valence-corrected chi connectivity index (χ2v) is 7.75. The smallest absolute Gasteiger partial charge is 0.306 e. The van der Waals surface area contributed by atoms with E-state index in [1.165, 1.54) is 18.5 Å². The zero-order valence-electron chi connectivity index (χ0n) is 16.0. The third-order valence-electron chi connectivity index (χ3n) is 5.30. The van der Waals surface area contributed by atoms with E-state index in [0.717, 1.165) is 12.8 Å². The molecule has 0 unspecified atom stereocenters. The summed E-state index contributed by atoms with van der Waals surface area (Å²) in [6, 6.07) is 4.30. The van der Waals surface area contributed by atoms with E-state index in [4.69, 9.17) is 16.7 Å². The number of rotatable bonds is 6. The molecule has 0 aliphatic heterocycles. The molecule has 1 aromatic carbocycles. The van der Waals surface area contributed by atoms with Gasteiger partial charge in [0.2, 0.25) is 5.95 Å². The van der Waals surface area contributed by atoms with Crippen molar-refractivity contribution in [3.63, 3.8) is 0 Å². The van der Waals surface area contributed by atoms with Crippen molar-refractivity contribution in [2.24, 2.45) is 11.8 Å². The zero-order chi connectivity index (χ0) is 21.1. The molecule has 156 valence electrons. The van der Waals surface area contributed by atoms with Crippen LogP contribution in [0.5, 0.6) is 0 Å². The SMILES string of the molecule is O=C(O)[C@H]1CC[C@H](CNc2ncc3ncnc(Nc4ccc(F)c(Cl)c4)c3n2)CC1. The highest BCUT2D eigenvalue weighted by atomic mass is 35.5. The Hall–Kier alpha value is -3.07. The summed E-state index contributed by atoms with van der Waals surface area (Å²) in [6.45, 7) is 0.669. The first-order valence-electron chi connectivity index (χ1n) is 9.66. The summed E-state index contributed by atoms with van der Waals surface area (Å²) in [5, 5.41) is 15.4. The van der Waals surface area contributed by atoms with Crippen molar-refractivity contribution in [2.45, 2.75) is 25.7 Å². The number of carbonyl (C=O) groups is 1. The second-order valence-electron chi connectivity index (χ2n) is 7.34. The van der Waals surface area contributed by atoms with Crippen LogP contribution < -0.4 is 10.6 Å². The van der Waals surface area contributed by atoms with Gasteiger partial charge in [0.25, 0.3) is 0 Å². The van der Waals surface area contributed by atoms with E-state index < -0.39 is 11.8 Å². The molecule has 1 aliphatic rings. The fraction of sp³-hybridized carbons (Fsp3) is 0.350. The first-order valence-corrected chi connectivity index (χ1v) is 10.0. The number of nitrogens with one attached hydrogen (secondary N) is 2. The molecule has 1 saturated carbocycles. The molecule has 1 fully saturated rings. The van der Waals surface area contributed by atoms with Crippen LogP contribution in [0.4, 0.5) is 21.8 Å². The predicted octanol–water partition coefficient (Wildman–Crippen LogP) is 4.26. The maximum Gasteiger partial charge on any atom is 0.306 e. The number of nitrogens with zero attached hydrogens (tertiary/aromatic N) is 4. The van der Waals surface area contributed by atoms with Gasteiger partial charge in [0.15, 0.2) is 5.82 Å². The Labute approximate surface area is 176 Å². The molecule has 8 nitrogen and oxygen atoms in total. The van der Waals surface area contributed by atoms with Crippen molar-refractivity contribution in [3.05, 3.63) is 41.6 Å². The predicted molar refractivity (Wildman–Crippen MR) is 111 cm³/mol. The number of carboxylic acids is 1. The number of hydrogen-bond acceptors (Lipinski definition) is 7. The first-order chi connectivity index (χ1) is 14.5. The van der Waals surface area contributed by atoms with Gasteiger partial charge in [-0.05, 0) is 49.8 Å². The Morgan fingerprint density at radius 2 is 2.00 bits per heavy atom. The lowest BCUT2D eigenvalue weighted by molar-refractivity contribution is -0.143. The van der Waals surface area contributed by atoms with E-state index in [1.54, 1.807) is 12.3 Å². The molecule has 0 saturated heterocycles. The second kappa shape index (κ2) is 8.74. The Morgan fingerprint density at radius 1 is 1.20 bits per heavy atom. The Bertz CT molecular complexity index is 1070. The highest BCUT2D eigenvalue weighted by Gasteiger charge is 2.25. The van der Waals surface area contributed by atoms with Crippen LogP contribution in [0.2, 0.25) is 5.02 Å². The van der Waals surface area contributed by atoms with Crippen LogP contribution in [0.1, 0.15) is 25.7 Å². The van der Waals surface area contributed by atoms with Crippen molar-refractivity contribution < 1.29 is 14.3 Å². The van der Waals surface area contributed by atoms with Gasteiger partial charge in [0.05, 0.1) is 17.1 Å². The van der Waals surface area contributed by atoms with Crippen LogP contribution in [-0.4, -0.2) is 37.6 Å². The van der Waals surface area contributed by atoms with Gasteiger partial charge in [0, 0.05) is 12.2 Å². The van der Waals surface area contributed by atoms with Gasteiger partial charge >= 0.3 is 5.97 Å². The van der Waals surface area contributed by atoms with E-state index >= 15 is 0 Å². The molecule has 30 heavy (non-hydrogen) atoms. The van der Waals surface area contributed by atoms with Crippen LogP contribution in [0, 0.1) is 17.7 Å². The van der Waals surface area contributed by atoms with Gasteiger partial charge in [-0.3, -0.25) is 4.79 Å². The molecule has 3 aromatic rings. The average Bonchev–Trinajstić information content (AvgIpc) is 2.75.